The third kappa shape index (κ3) is 4.43. The first-order valence-corrected chi connectivity index (χ1v) is 8.55. The van der Waals surface area contributed by atoms with Gasteiger partial charge in [-0.1, -0.05) is 12.1 Å². The van der Waals surface area contributed by atoms with Gasteiger partial charge in [-0.05, 0) is 32.5 Å². The lowest BCUT2D eigenvalue weighted by Gasteiger charge is -2.37. The topological polar surface area (TPSA) is 117 Å². The summed E-state index contributed by atoms with van der Waals surface area (Å²) in [5.74, 6) is -1.90. The number of nitrogens with one attached hydrogen (secondary N) is 1. The Bertz CT molecular complexity index is 745. The fourth-order valence-electron chi connectivity index (χ4n) is 2.81. The first-order valence-electron chi connectivity index (χ1n) is 8.55. The average Bonchev–Trinajstić information content (AvgIpc) is 2.68. The second-order valence-corrected chi connectivity index (χ2v) is 5.81. The Balaban J connectivity index is 2.43. The number of rotatable bonds is 7. The van der Waals surface area contributed by atoms with Crippen LogP contribution in [-0.4, -0.2) is 42.8 Å². The van der Waals surface area contributed by atoms with Crippen LogP contribution in [0.2, 0.25) is 0 Å². The van der Waals surface area contributed by atoms with Crippen molar-refractivity contribution in [3.05, 3.63) is 51.8 Å². The molecule has 0 amide bonds. The molecule has 9 nitrogen and oxygen atoms in total. The molecule has 0 aliphatic carbocycles. The SMILES string of the molecule is CCOC(=O)C1=CC(c2ccc([N+](=O)[O-])cc2)CC(NC)(C(=O)OCC)O1. The van der Waals surface area contributed by atoms with E-state index in [0.29, 0.717) is 5.56 Å². The quantitative estimate of drug-likeness (QED) is 0.435. The van der Waals surface area contributed by atoms with Gasteiger partial charge >= 0.3 is 11.9 Å². The largest absolute Gasteiger partial charge is 0.462 e. The minimum absolute atomic E-state index is 0.0503. The lowest BCUT2D eigenvalue weighted by atomic mass is 9.87. The summed E-state index contributed by atoms with van der Waals surface area (Å²) in [4.78, 5) is 35.1. The molecule has 0 saturated heterocycles. The van der Waals surface area contributed by atoms with Gasteiger partial charge in [0.2, 0.25) is 5.76 Å². The number of carbonyl (C=O) groups excluding carboxylic acids is 2. The third-order valence-electron chi connectivity index (χ3n) is 4.16. The van der Waals surface area contributed by atoms with Crippen LogP contribution in [0.25, 0.3) is 0 Å². The molecule has 2 unspecified atom stereocenters. The van der Waals surface area contributed by atoms with Crippen LogP contribution < -0.4 is 5.32 Å². The maximum atomic E-state index is 12.5. The summed E-state index contributed by atoms with van der Waals surface area (Å²) in [7, 11) is 1.53. The molecule has 2 rings (SSSR count). The highest BCUT2D eigenvalue weighted by Gasteiger charge is 2.47. The van der Waals surface area contributed by atoms with Crippen LogP contribution >= 0.6 is 0 Å². The average molecular weight is 378 g/mol. The Morgan fingerprint density at radius 2 is 1.89 bits per heavy atom. The Morgan fingerprint density at radius 3 is 2.41 bits per heavy atom. The number of benzene rings is 1. The van der Waals surface area contributed by atoms with Crippen LogP contribution in [0.3, 0.4) is 0 Å². The number of hydrogen-bond acceptors (Lipinski definition) is 8. The molecule has 1 N–H and O–H groups in total. The summed E-state index contributed by atoms with van der Waals surface area (Å²) in [6.07, 6.45) is 1.69. The van der Waals surface area contributed by atoms with Gasteiger partial charge in [0, 0.05) is 24.5 Å². The molecule has 27 heavy (non-hydrogen) atoms. The minimum Gasteiger partial charge on any atom is -0.462 e. The highest BCUT2D eigenvalue weighted by Crippen LogP contribution is 2.37. The maximum absolute atomic E-state index is 12.5. The third-order valence-corrected chi connectivity index (χ3v) is 4.16. The second kappa shape index (κ2) is 8.63. The number of likely N-dealkylation sites (N-methyl/N-ethyl adjacent to an activating group) is 1. The number of nitrogens with zero attached hydrogens (tertiary/aromatic N) is 1. The van der Waals surface area contributed by atoms with Crippen LogP contribution in [0.15, 0.2) is 36.1 Å². The first-order chi connectivity index (χ1) is 12.9. The molecule has 0 spiro atoms. The predicted octanol–water partition coefficient (Wildman–Crippen LogP) is 2.02. The van der Waals surface area contributed by atoms with Gasteiger partial charge in [-0.25, -0.2) is 9.59 Å². The number of non-ortho nitro benzene ring substituents is 1. The van der Waals surface area contributed by atoms with Crippen LogP contribution in [0.1, 0.15) is 31.7 Å². The van der Waals surface area contributed by atoms with Gasteiger partial charge in [-0.15, -0.1) is 0 Å². The standard InChI is InChI=1S/C18H22N2O7/c1-4-25-16(21)15-10-13(12-6-8-14(9-7-12)20(23)24)11-18(19-3,27-15)17(22)26-5-2/h6-10,13,19H,4-5,11H2,1-3H3. The van der Waals surface area contributed by atoms with Crippen LogP contribution in [-0.2, 0) is 23.8 Å². The number of ether oxygens (including phenoxy) is 3. The molecular weight excluding hydrogens is 356 g/mol. The molecule has 1 aliphatic rings. The maximum Gasteiger partial charge on any atom is 0.373 e. The zero-order chi connectivity index (χ0) is 20.0. The Morgan fingerprint density at radius 1 is 1.26 bits per heavy atom. The van der Waals surface area contributed by atoms with E-state index in [2.05, 4.69) is 5.32 Å². The highest BCUT2D eigenvalue weighted by atomic mass is 16.6. The van der Waals surface area contributed by atoms with Gasteiger partial charge in [0.1, 0.15) is 0 Å². The van der Waals surface area contributed by atoms with E-state index in [1.165, 1.54) is 19.2 Å². The molecule has 1 aromatic carbocycles. The summed E-state index contributed by atoms with van der Waals surface area (Å²) in [5.41, 5.74) is -0.931. The smallest absolute Gasteiger partial charge is 0.373 e. The van der Waals surface area contributed by atoms with Crippen molar-refractivity contribution in [2.75, 3.05) is 20.3 Å². The lowest BCUT2D eigenvalue weighted by Crippen LogP contribution is -2.56. The molecule has 1 aliphatic heterocycles. The van der Waals surface area contributed by atoms with E-state index in [0.717, 1.165) is 0 Å². The van der Waals surface area contributed by atoms with E-state index < -0.39 is 28.5 Å². The highest BCUT2D eigenvalue weighted by molar-refractivity contribution is 5.88. The number of nitro groups is 1. The summed E-state index contributed by atoms with van der Waals surface area (Å²) in [5, 5.41) is 13.7. The molecule has 0 bridgehead atoms. The number of esters is 2. The molecule has 0 saturated carbocycles. The van der Waals surface area contributed by atoms with Gasteiger partial charge in [-0.2, -0.15) is 0 Å². The van der Waals surface area contributed by atoms with Gasteiger partial charge in [0.25, 0.3) is 11.4 Å². The molecule has 2 atom stereocenters. The summed E-state index contributed by atoms with van der Waals surface area (Å²) >= 11 is 0. The minimum atomic E-state index is -1.57. The van der Waals surface area contributed by atoms with E-state index in [9.17, 15) is 19.7 Å². The Labute approximate surface area is 156 Å². The number of carbonyl (C=O) groups is 2. The molecule has 1 aromatic rings. The molecule has 0 radical (unpaired) electrons. The lowest BCUT2D eigenvalue weighted by molar-refractivity contribution is -0.384. The van der Waals surface area contributed by atoms with Gasteiger partial charge in [-0.3, -0.25) is 15.4 Å². The van der Waals surface area contributed by atoms with Crippen LogP contribution in [0.4, 0.5) is 5.69 Å². The number of hydrogen-bond donors (Lipinski definition) is 1. The van der Waals surface area contributed by atoms with Crippen molar-refractivity contribution < 1.29 is 28.7 Å². The van der Waals surface area contributed by atoms with Crippen molar-refractivity contribution >= 4 is 17.6 Å². The van der Waals surface area contributed by atoms with Crippen molar-refractivity contribution in [2.45, 2.75) is 31.9 Å². The van der Waals surface area contributed by atoms with E-state index >= 15 is 0 Å². The van der Waals surface area contributed by atoms with E-state index in [1.54, 1.807) is 32.1 Å². The summed E-state index contributed by atoms with van der Waals surface area (Å²) in [6.45, 7) is 3.62. The molecule has 0 aromatic heterocycles. The Hall–Kier alpha value is -2.94. The van der Waals surface area contributed by atoms with Crippen molar-refractivity contribution in [1.29, 1.82) is 0 Å². The van der Waals surface area contributed by atoms with Gasteiger partial charge in [0.15, 0.2) is 0 Å². The molecule has 0 fully saturated rings. The van der Waals surface area contributed by atoms with Gasteiger partial charge < -0.3 is 14.2 Å². The van der Waals surface area contributed by atoms with Crippen molar-refractivity contribution in [3.8, 4) is 0 Å². The Kier molecular flexibility index (Phi) is 6.51. The van der Waals surface area contributed by atoms with Crippen molar-refractivity contribution in [2.24, 2.45) is 0 Å². The number of allylic oxidation sites excluding steroid dienone is 1. The van der Waals surface area contributed by atoms with Crippen molar-refractivity contribution in [3.63, 3.8) is 0 Å². The van der Waals surface area contributed by atoms with Crippen LogP contribution in [0, 0.1) is 10.1 Å². The van der Waals surface area contributed by atoms with E-state index in [-0.39, 0.29) is 31.1 Å². The fourth-order valence-corrected chi connectivity index (χ4v) is 2.81. The molecule has 1 heterocycles. The number of nitro benzene ring substituents is 1. The molecular formula is C18H22N2O7. The fraction of sp³-hybridized carbons (Fsp3) is 0.444. The summed E-state index contributed by atoms with van der Waals surface area (Å²) in [6, 6.07) is 5.90. The zero-order valence-electron chi connectivity index (χ0n) is 15.4. The normalized spacial score (nSPS) is 21.6. The monoisotopic (exact) mass is 378 g/mol. The second-order valence-electron chi connectivity index (χ2n) is 5.81. The van der Waals surface area contributed by atoms with E-state index in [4.69, 9.17) is 14.2 Å². The van der Waals surface area contributed by atoms with Gasteiger partial charge in [0.05, 0.1) is 18.1 Å². The molecule has 146 valence electrons. The zero-order valence-corrected chi connectivity index (χ0v) is 15.4. The van der Waals surface area contributed by atoms with E-state index in [1.807, 2.05) is 0 Å². The molecule has 9 heteroatoms. The van der Waals surface area contributed by atoms with Crippen molar-refractivity contribution in [1.82, 2.24) is 5.32 Å². The van der Waals surface area contributed by atoms with Crippen LogP contribution in [0.5, 0.6) is 0 Å². The first kappa shape index (κ1) is 20.4. The summed E-state index contributed by atoms with van der Waals surface area (Å²) < 4.78 is 15.8. The predicted molar refractivity (Wildman–Crippen MR) is 94.7 cm³/mol.